The molecule has 0 saturated carbocycles. The van der Waals surface area contributed by atoms with Gasteiger partial charge >= 0.3 is 0 Å². The number of hydrogen-bond donors (Lipinski definition) is 0. The van der Waals surface area contributed by atoms with Crippen LogP contribution in [0.3, 0.4) is 0 Å². The van der Waals surface area contributed by atoms with Crippen molar-refractivity contribution in [2.45, 2.75) is 12.3 Å². The van der Waals surface area contributed by atoms with Gasteiger partial charge in [-0.1, -0.05) is 140 Å². The van der Waals surface area contributed by atoms with Crippen molar-refractivity contribution in [2.24, 2.45) is 0 Å². The first-order chi connectivity index (χ1) is 26.7. The smallest absolute Gasteiger partial charge is 0.143 e. The first-order valence-electron chi connectivity index (χ1n) is 18.8. The van der Waals surface area contributed by atoms with Crippen molar-refractivity contribution in [3.05, 3.63) is 180 Å². The van der Waals surface area contributed by atoms with E-state index < -0.39 is 0 Å². The van der Waals surface area contributed by atoms with Crippen molar-refractivity contribution in [1.82, 2.24) is 0 Å². The molecule has 0 bridgehead atoms. The van der Waals surface area contributed by atoms with Gasteiger partial charge in [-0.3, -0.25) is 0 Å². The molecule has 0 amide bonds. The van der Waals surface area contributed by atoms with Crippen LogP contribution in [-0.4, -0.2) is 0 Å². The molecule has 1 aliphatic rings. The lowest BCUT2D eigenvalue weighted by Crippen LogP contribution is -2.24. The minimum atomic E-state index is 0.226. The van der Waals surface area contributed by atoms with Crippen LogP contribution in [0.2, 0.25) is 0 Å². The molecule has 252 valence electrons. The largest absolute Gasteiger partial charge is 0.456 e. The SMILES string of the molecule is C1=c2oc3c(ccc4cc5oc6ccccc6c5cc43)c2=CC(c2cccc(-c3c4ccccc4c(-c4ccc5ccccc5c4)c4ccccc34)c2)C1. The van der Waals surface area contributed by atoms with Gasteiger partial charge in [0.05, 0.1) is 0 Å². The van der Waals surface area contributed by atoms with Crippen LogP contribution in [0.15, 0.2) is 173 Å². The van der Waals surface area contributed by atoms with E-state index in [9.17, 15) is 0 Å². The van der Waals surface area contributed by atoms with Crippen LogP contribution < -0.4 is 10.6 Å². The van der Waals surface area contributed by atoms with E-state index in [0.29, 0.717) is 0 Å². The fourth-order valence-electron chi connectivity index (χ4n) is 9.21. The molecule has 2 aromatic heterocycles. The maximum absolute atomic E-state index is 6.67. The topological polar surface area (TPSA) is 26.3 Å². The summed E-state index contributed by atoms with van der Waals surface area (Å²) < 4.78 is 12.9. The molecule has 54 heavy (non-hydrogen) atoms. The minimum Gasteiger partial charge on any atom is -0.456 e. The molecule has 9 aromatic carbocycles. The Balaban J connectivity index is 1.01. The Morgan fingerprint density at radius 2 is 1.07 bits per heavy atom. The van der Waals surface area contributed by atoms with E-state index in [1.165, 1.54) is 65.4 Å². The molecule has 0 saturated heterocycles. The van der Waals surface area contributed by atoms with Crippen molar-refractivity contribution >= 4 is 88.1 Å². The highest BCUT2D eigenvalue weighted by Gasteiger charge is 2.20. The number of fused-ring (bicyclic) bond motifs is 11. The molecule has 0 radical (unpaired) electrons. The van der Waals surface area contributed by atoms with Crippen molar-refractivity contribution < 1.29 is 8.83 Å². The van der Waals surface area contributed by atoms with Gasteiger partial charge in [-0.25, -0.2) is 0 Å². The molecular weight excluding hydrogens is 657 g/mol. The van der Waals surface area contributed by atoms with Crippen molar-refractivity contribution in [3.63, 3.8) is 0 Å². The van der Waals surface area contributed by atoms with Crippen LogP contribution in [0.25, 0.3) is 110 Å². The third-order valence-corrected chi connectivity index (χ3v) is 11.7. The Hall–Kier alpha value is -6.90. The van der Waals surface area contributed by atoms with Gasteiger partial charge in [0.2, 0.25) is 0 Å². The molecule has 0 N–H and O–H groups in total. The van der Waals surface area contributed by atoms with E-state index in [1.54, 1.807) is 0 Å². The molecule has 0 aliphatic heterocycles. The molecule has 0 spiro atoms. The summed E-state index contributed by atoms with van der Waals surface area (Å²) in [6.45, 7) is 0. The quantitative estimate of drug-likeness (QED) is 0.173. The molecule has 2 heterocycles. The number of rotatable bonds is 3. The Morgan fingerprint density at radius 3 is 1.85 bits per heavy atom. The zero-order chi connectivity index (χ0) is 35.3. The average molecular weight is 689 g/mol. The number of benzene rings is 9. The Bertz CT molecular complexity index is 3430. The van der Waals surface area contributed by atoms with Crippen molar-refractivity contribution in [2.75, 3.05) is 0 Å². The van der Waals surface area contributed by atoms with E-state index in [0.717, 1.165) is 55.5 Å². The lowest BCUT2D eigenvalue weighted by Gasteiger charge is -2.19. The predicted molar refractivity (Wildman–Crippen MR) is 226 cm³/mol. The second-order valence-electron chi connectivity index (χ2n) is 14.7. The van der Waals surface area contributed by atoms with Crippen LogP contribution in [-0.2, 0) is 0 Å². The maximum Gasteiger partial charge on any atom is 0.143 e. The molecule has 1 unspecified atom stereocenters. The van der Waals surface area contributed by atoms with Gasteiger partial charge < -0.3 is 8.83 Å². The van der Waals surface area contributed by atoms with Crippen LogP contribution in [0.4, 0.5) is 0 Å². The zero-order valence-electron chi connectivity index (χ0n) is 29.3. The Morgan fingerprint density at radius 1 is 0.407 bits per heavy atom. The second kappa shape index (κ2) is 11.3. The van der Waals surface area contributed by atoms with Crippen molar-refractivity contribution in [3.8, 4) is 22.3 Å². The summed E-state index contributed by atoms with van der Waals surface area (Å²) in [5.74, 6) is 0.226. The van der Waals surface area contributed by atoms with Gasteiger partial charge in [-0.05, 0) is 108 Å². The van der Waals surface area contributed by atoms with E-state index >= 15 is 0 Å². The fourth-order valence-corrected chi connectivity index (χ4v) is 9.21. The number of para-hydroxylation sites is 1. The van der Waals surface area contributed by atoms with E-state index in [1.807, 2.05) is 12.1 Å². The maximum atomic E-state index is 6.67. The summed E-state index contributed by atoms with van der Waals surface area (Å²) in [6.07, 6.45) is 5.59. The second-order valence-corrected chi connectivity index (χ2v) is 14.7. The van der Waals surface area contributed by atoms with Gasteiger partial charge in [0, 0.05) is 32.7 Å². The van der Waals surface area contributed by atoms with Crippen LogP contribution in [0.1, 0.15) is 17.9 Å². The lowest BCUT2D eigenvalue weighted by atomic mass is 9.84. The monoisotopic (exact) mass is 688 g/mol. The van der Waals surface area contributed by atoms with Gasteiger partial charge in [0.1, 0.15) is 22.2 Å². The summed E-state index contributed by atoms with van der Waals surface area (Å²) in [7, 11) is 0. The molecule has 1 aliphatic carbocycles. The Kier molecular flexibility index (Phi) is 6.20. The third kappa shape index (κ3) is 4.34. The predicted octanol–water partition coefficient (Wildman–Crippen LogP) is 13.0. The van der Waals surface area contributed by atoms with Gasteiger partial charge in [-0.15, -0.1) is 0 Å². The summed E-state index contributed by atoms with van der Waals surface area (Å²) >= 11 is 0. The van der Waals surface area contributed by atoms with Crippen LogP contribution >= 0.6 is 0 Å². The third-order valence-electron chi connectivity index (χ3n) is 11.7. The first-order valence-corrected chi connectivity index (χ1v) is 18.8. The first kappa shape index (κ1) is 29.7. The standard InChI is InChI=1S/C52H32O2/c1-2-11-32-26-37(21-20-31(32)10-1)51-41-17-5-3-15-39(41)50(40-16-4-6-18-42(40)51)36-13-9-12-33(27-36)34-23-25-48-45(28-34)43-24-22-35-29-49-46(30-44(35)52(43)54-48)38-14-7-8-19-47(38)53-49/h1-22,24-30,34H,23H2. The highest BCUT2D eigenvalue weighted by molar-refractivity contribution is 6.22. The molecular formula is C52H32O2. The lowest BCUT2D eigenvalue weighted by molar-refractivity contribution is 0.573. The van der Waals surface area contributed by atoms with E-state index in [4.69, 9.17) is 8.83 Å². The van der Waals surface area contributed by atoms with E-state index in [-0.39, 0.29) is 5.92 Å². The summed E-state index contributed by atoms with van der Waals surface area (Å²) in [4.78, 5) is 0. The molecule has 2 heteroatoms. The van der Waals surface area contributed by atoms with Crippen LogP contribution in [0.5, 0.6) is 0 Å². The van der Waals surface area contributed by atoms with Crippen molar-refractivity contribution in [1.29, 1.82) is 0 Å². The highest BCUT2D eigenvalue weighted by Crippen LogP contribution is 2.45. The summed E-state index contributed by atoms with van der Waals surface area (Å²) in [5.41, 5.74) is 10.1. The van der Waals surface area contributed by atoms with Crippen LogP contribution in [0, 0.1) is 0 Å². The van der Waals surface area contributed by atoms with E-state index in [2.05, 4.69) is 164 Å². The molecule has 1 atom stereocenters. The van der Waals surface area contributed by atoms with Gasteiger partial charge in [0.25, 0.3) is 0 Å². The number of furan rings is 2. The zero-order valence-corrected chi connectivity index (χ0v) is 29.3. The molecule has 12 rings (SSSR count). The summed E-state index contributed by atoms with van der Waals surface area (Å²) in [5, 5.41) is 14.4. The van der Waals surface area contributed by atoms with Gasteiger partial charge in [-0.2, -0.15) is 0 Å². The van der Waals surface area contributed by atoms with Gasteiger partial charge in [0.15, 0.2) is 0 Å². The molecule has 2 nitrogen and oxygen atoms in total. The number of hydrogen-bond acceptors (Lipinski definition) is 2. The normalized spacial score (nSPS) is 14.3. The minimum absolute atomic E-state index is 0.226. The Labute approximate surface area is 310 Å². The average Bonchev–Trinajstić information content (AvgIpc) is 3.79. The molecule has 11 aromatic rings. The summed E-state index contributed by atoms with van der Waals surface area (Å²) in [6, 6.07) is 59.6. The molecule has 0 fully saturated rings. The fraction of sp³-hybridized carbons (Fsp3) is 0.0385. The highest BCUT2D eigenvalue weighted by atomic mass is 16.3.